The fourth-order valence-corrected chi connectivity index (χ4v) is 4.04. The lowest BCUT2D eigenvalue weighted by atomic mass is 10.2. The predicted molar refractivity (Wildman–Crippen MR) is 114 cm³/mol. The van der Waals surface area contributed by atoms with Crippen molar-refractivity contribution in [2.75, 3.05) is 24.6 Å². The summed E-state index contributed by atoms with van der Waals surface area (Å²) in [6.45, 7) is 12.4. The zero-order chi connectivity index (χ0) is 19.8. The molecule has 0 radical (unpaired) electrons. The Morgan fingerprint density at radius 3 is 1.85 bits per heavy atom. The minimum Gasteiger partial charge on any atom is -0.343 e. The number of carbonyl (C=O) groups is 2. The number of amides is 3. The average Bonchev–Trinajstić information content (AvgIpc) is 3.22. The lowest BCUT2D eigenvalue weighted by Gasteiger charge is -2.22. The second-order valence-corrected chi connectivity index (χ2v) is 7.63. The van der Waals surface area contributed by atoms with E-state index in [1.165, 1.54) is 12.8 Å². The first-order valence-electron chi connectivity index (χ1n) is 10.5. The molecule has 2 aliphatic heterocycles. The third-order valence-corrected chi connectivity index (χ3v) is 5.56. The number of thioether (sulfide) groups is 1. The van der Waals surface area contributed by atoms with Gasteiger partial charge in [0.15, 0.2) is 0 Å². The highest BCUT2D eigenvalue weighted by Crippen LogP contribution is 2.20. The van der Waals surface area contributed by atoms with Crippen molar-refractivity contribution in [1.82, 2.24) is 15.5 Å². The SMILES string of the molecule is CC.CCCCC(=O)N(CCCC)CCCC.O=C1NC2CSCC2N1. The molecule has 0 bridgehead atoms. The maximum atomic E-state index is 11.8. The Hall–Kier alpha value is -0.910. The molecule has 3 amide bonds. The highest BCUT2D eigenvalue weighted by molar-refractivity contribution is 7.99. The lowest BCUT2D eigenvalue weighted by molar-refractivity contribution is -0.131. The van der Waals surface area contributed by atoms with Gasteiger partial charge in [0.05, 0.1) is 12.1 Å². The topological polar surface area (TPSA) is 61.4 Å². The number of hydrogen-bond acceptors (Lipinski definition) is 3. The van der Waals surface area contributed by atoms with Crippen LogP contribution < -0.4 is 10.6 Å². The number of rotatable bonds is 9. The molecule has 2 aliphatic rings. The molecule has 6 heteroatoms. The molecule has 2 unspecified atom stereocenters. The highest BCUT2D eigenvalue weighted by Gasteiger charge is 2.35. The summed E-state index contributed by atoms with van der Waals surface area (Å²) in [5.41, 5.74) is 0. The number of carbonyl (C=O) groups excluding carboxylic acids is 2. The molecule has 2 fully saturated rings. The Morgan fingerprint density at radius 2 is 1.42 bits per heavy atom. The molecule has 154 valence electrons. The Balaban J connectivity index is 0.000000476. The molecule has 2 saturated heterocycles. The molecule has 2 atom stereocenters. The quantitative estimate of drug-likeness (QED) is 0.576. The van der Waals surface area contributed by atoms with Gasteiger partial charge in [-0.15, -0.1) is 0 Å². The van der Waals surface area contributed by atoms with E-state index < -0.39 is 0 Å². The Morgan fingerprint density at radius 1 is 0.962 bits per heavy atom. The van der Waals surface area contributed by atoms with Gasteiger partial charge in [0.25, 0.3) is 0 Å². The van der Waals surface area contributed by atoms with E-state index in [9.17, 15) is 9.59 Å². The smallest absolute Gasteiger partial charge is 0.315 e. The van der Waals surface area contributed by atoms with Crippen molar-refractivity contribution in [3.8, 4) is 0 Å². The van der Waals surface area contributed by atoms with Gasteiger partial charge in [-0.2, -0.15) is 11.8 Å². The highest BCUT2D eigenvalue weighted by atomic mass is 32.2. The first kappa shape index (κ1) is 25.1. The van der Waals surface area contributed by atoms with Crippen LogP contribution in [0.4, 0.5) is 4.79 Å². The first-order valence-corrected chi connectivity index (χ1v) is 11.7. The van der Waals surface area contributed by atoms with Crippen LogP contribution in [0.15, 0.2) is 0 Å². The van der Waals surface area contributed by atoms with E-state index in [1.54, 1.807) is 0 Å². The maximum Gasteiger partial charge on any atom is 0.315 e. The van der Waals surface area contributed by atoms with Gasteiger partial charge in [-0.3, -0.25) is 4.79 Å². The van der Waals surface area contributed by atoms with Crippen molar-refractivity contribution >= 4 is 23.7 Å². The standard InChI is InChI=1S/C13H27NO.C5H8N2OS.C2H6/c1-4-7-10-13(15)14(11-8-5-2)12-9-6-3;8-5-6-3-1-9-2-4(3)7-5;1-2/h4-12H2,1-3H3;3-4H,1-2H2,(H2,6,7,8);1-2H3. The van der Waals surface area contributed by atoms with Crippen LogP contribution in [0, 0.1) is 0 Å². The number of unbranched alkanes of at least 4 members (excludes halogenated alkanes) is 3. The van der Waals surface area contributed by atoms with Crippen molar-refractivity contribution < 1.29 is 9.59 Å². The molecule has 0 aromatic rings. The van der Waals surface area contributed by atoms with Gasteiger partial charge in [0.2, 0.25) is 5.91 Å². The van der Waals surface area contributed by atoms with Crippen LogP contribution in [0.3, 0.4) is 0 Å². The minimum atomic E-state index is 0.00491. The molecule has 26 heavy (non-hydrogen) atoms. The Kier molecular flexibility index (Phi) is 15.7. The Bertz CT molecular complexity index is 358. The molecule has 2 rings (SSSR count). The van der Waals surface area contributed by atoms with E-state index in [-0.39, 0.29) is 6.03 Å². The summed E-state index contributed by atoms with van der Waals surface area (Å²) in [7, 11) is 0. The summed E-state index contributed by atoms with van der Waals surface area (Å²) in [6.07, 6.45) is 7.51. The van der Waals surface area contributed by atoms with Gasteiger partial charge in [0.1, 0.15) is 0 Å². The second kappa shape index (κ2) is 16.3. The molecule has 2 N–H and O–H groups in total. The predicted octanol–water partition coefficient (Wildman–Crippen LogP) is 4.41. The van der Waals surface area contributed by atoms with Crippen molar-refractivity contribution in [2.45, 2.75) is 91.6 Å². The summed E-state index contributed by atoms with van der Waals surface area (Å²) in [5.74, 6) is 2.51. The van der Waals surface area contributed by atoms with E-state index in [4.69, 9.17) is 0 Å². The fraction of sp³-hybridized carbons (Fsp3) is 0.900. The molecular weight excluding hydrogens is 346 g/mol. The third kappa shape index (κ3) is 10.3. The number of nitrogens with zero attached hydrogens (tertiary/aromatic N) is 1. The van der Waals surface area contributed by atoms with Crippen LogP contribution in [-0.4, -0.2) is 53.5 Å². The van der Waals surface area contributed by atoms with Crippen LogP contribution in [0.1, 0.15) is 79.6 Å². The monoisotopic (exact) mass is 387 g/mol. The van der Waals surface area contributed by atoms with Crippen molar-refractivity contribution in [3.63, 3.8) is 0 Å². The zero-order valence-electron chi connectivity index (χ0n) is 17.6. The number of nitrogens with one attached hydrogen (secondary N) is 2. The number of hydrogen-bond donors (Lipinski definition) is 2. The van der Waals surface area contributed by atoms with Crippen LogP contribution >= 0.6 is 11.8 Å². The van der Waals surface area contributed by atoms with Gasteiger partial charge >= 0.3 is 6.03 Å². The van der Waals surface area contributed by atoms with Gasteiger partial charge in [-0.1, -0.05) is 53.9 Å². The minimum absolute atomic E-state index is 0.00491. The molecular formula is C20H41N3O2S. The first-order chi connectivity index (χ1) is 12.6. The molecule has 0 aromatic heterocycles. The number of urea groups is 1. The van der Waals surface area contributed by atoms with Crippen LogP contribution in [0.2, 0.25) is 0 Å². The fourth-order valence-electron chi connectivity index (χ4n) is 2.76. The van der Waals surface area contributed by atoms with Gasteiger partial charge in [-0.05, 0) is 19.3 Å². The molecule has 0 aromatic carbocycles. The van der Waals surface area contributed by atoms with Crippen LogP contribution in [-0.2, 0) is 4.79 Å². The molecule has 2 heterocycles. The average molecular weight is 388 g/mol. The van der Waals surface area contributed by atoms with Crippen molar-refractivity contribution in [1.29, 1.82) is 0 Å². The normalized spacial score (nSPS) is 20.0. The molecule has 0 saturated carbocycles. The summed E-state index contributed by atoms with van der Waals surface area (Å²) < 4.78 is 0. The second-order valence-electron chi connectivity index (χ2n) is 6.56. The summed E-state index contributed by atoms with van der Waals surface area (Å²) in [4.78, 5) is 24.5. The van der Waals surface area contributed by atoms with E-state index >= 15 is 0 Å². The lowest BCUT2D eigenvalue weighted by Crippen LogP contribution is -2.32. The van der Waals surface area contributed by atoms with E-state index in [2.05, 4.69) is 36.3 Å². The zero-order valence-corrected chi connectivity index (χ0v) is 18.4. The van der Waals surface area contributed by atoms with Crippen LogP contribution in [0.5, 0.6) is 0 Å². The molecule has 0 aliphatic carbocycles. The van der Waals surface area contributed by atoms with Gasteiger partial charge < -0.3 is 15.5 Å². The molecule has 5 nitrogen and oxygen atoms in total. The van der Waals surface area contributed by atoms with E-state index in [1.807, 2.05) is 25.6 Å². The van der Waals surface area contributed by atoms with Crippen molar-refractivity contribution in [3.05, 3.63) is 0 Å². The van der Waals surface area contributed by atoms with Gasteiger partial charge in [0, 0.05) is 31.0 Å². The summed E-state index contributed by atoms with van der Waals surface area (Å²) >= 11 is 1.89. The largest absolute Gasteiger partial charge is 0.343 e. The summed E-state index contributed by atoms with van der Waals surface area (Å²) in [6, 6.07) is 0.815. The van der Waals surface area contributed by atoms with Crippen LogP contribution in [0.25, 0.3) is 0 Å². The third-order valence-electron chi connectivity index (χ3n) is 4.37. The Labute approximate surface area is 165 Å². The maximum absolute atomic E-state index is 11.8. The van der Waals surface area contributed by atoms with Crippen molar-refractivity contribution in [2.24, 2.45) is 0 Å². The van der Waals surface area contributed by atoms with E-state index in [0.29, 0.717) is 18.0 Å². The van der Waals surface area contributed by atoms with Gasteiger partial charge in [-0.25, -0.2) is 4.79 Å². The molecule has 0 spiro atoms. The summed E-state index contributed by atoms with van der Waals surface area (Å²) in [5, 5.41) is 5.69. The number of fused-ring (bicyclic) bond motifs is 1. The van der Waals surface area contributed by atoms with E-state index in [0.717, 1.165) is 56.7 Å².